The summed E-state index contributed by atoms with van der Waals surface area (Å²) >= 11 is 0. The standard InChI is InChI=1S/C25H21N/c1-2-15-26(16-3-1)22-14-13-18-9-5-11-20-19-10-4-7-17-8-6-12-21(23(17)19)25(22)24(18)20/h4-14H,1-3,15-16H2. The molecule has 0 N–H and O–H groups in total. The van der Waals surface area contributed by atoms with Gasteiger partial charge >= 0.3 is 0 Å². The number of hydrogen-bond acceptors (Lipinski definition) is 1. The molecule has 1 aliphatic heterocycles. The molecule has 1 saturated heterocycles. The van der Waals surface area contributed by atoms with Crippen molar-refractivity contribution in [1.29, 1.82) is 0 Å². The molecule has 126 valence electrons. The maximum Gasteiger partial charge on any atom is 0.0452 e. The fourth-order valence-electron chi connectivity index (χ4n) is 5.04. The molecule has 0 atom stereocenters. The molecule has 0 aromatic heterocycles. The molecular weight excluding hydrogens is 314 g/mol. The van der Waals surface area contributed by atoms with Crippen LogP contribution in [0.3, 0.4) is 0 Å². The lowest BCUT2D eigenvalue weighted by atomic mass is 9.88. The molecule has 1 fully saturated rings. The lowest BCUT2D eigenvalue weighted by molar-refractivity contribution is 0.579. The highest BCUT2D eigenvalue weighted by atomic mass is 15.1. The fraction of sp³-hybridized carbons (Fsp3) is 0.200. The van der Waals surface area contributed by atoms with E-state index < -0.39 is 0 Å². The zero-order valence-electron chi connectivity index (χ0n) is 14.8. The average molecular weight is 335 g/mol. The van der Waals surface area contributed by atoms with E-state index in [0.29, 0.717) is 0 Å². The zero-order chi connectivity index (χ0) is 17.1. The summed E-state index contributed by atoms with van der Waals surface area (Å²) < 4.78 is 0. The third-order valence-electron chi connectivity index (χ3n) is 6.18. The van der Waals surface area contributed by atoms with E-state index in [1.165, 1.54) is 81.1 Å². The van der Waals surface area contributed by atoms with Gasteiger partial charge in [-0.1, -0.05) is 60.7 Å². The van der Waals surface area contributed by atoms with Crippen molar-refractivity contribution in [2.45, 2.75) is 19.3 Å². The number of piperidine rings is 1. The first-order chi connectivity index (χ1) is 12.9. The van der Waals surface area contributed by atoms with Gasteiger partial charge in [-0.25, -0.2) is 0 Å². The average Bonchev–Trinajstić information content (AvgIpc) is 2.72. The summed E-state index contributed by atoms with van der Waals surface area (Å²) in [6.45, 7) is 2.36. The van der Waals surface area contributed by atoms with Gasteiger partial charge in [0.1, 0.15) is 0 Å². The predicted molar refractivity (Wildman–Crippen MR) is 114 cm³/mol. The van der Waals surface area contributed by atoms with Crippen LogP contribution in [0.25, 0.3) is 43.1 Å². The van der Waals surface area contributed by atoms with Crippen molar-refractivity contribution in [3.8, 4) is 0 Å². The second-order valence-corrected chi connectivity index (χ2v) is 7.62. The molecule has 5 aromatic carbocycles. The van der Waals surface area contributed by atoms with Crippen molar-refractivity contribution in [2.24, 2.45) is 0 Å². The zero-order valence-corrected chi connectivity index (χ0v) is 14.8. The van der Waals surface area contributed by atoms with Gasteiger partial charge in [0.2, 0.25) is 0 Å². The molecule has 26 heavy (non-hydrogen) atoms. The Hall–Kier alpha value is -2.80. The van der Waals surface area contributed by atoms with Gasteiger partial charge in [0.15, 0.2) is 0 Å². The summed E-state index contributed by atoms with van der Waals surface area (Å²) in [6.07, 6.45) is 3.98. The Balaban J connectivity index is 1.88. The topological polar surface area (TPSA) is 3.24 Å². The SMILES string of the molecule is c1cc2cccc3c4c(N5CCCCC5)ccc5cccc(c(c1)c23)c54. The van der Waals surface area contributed by atoms with Crippen LogP contribution in [0.1, 0.15) is 19.3 Å². The third-order valence-corrected chi connectivity index (χ3v) is 6.18. The highest BCUT2D eigenvalue weighted by Crippen LogP contribution is 2.44. The number of benzene rings is 5. The summed E-state index contributed by atoms with van der Waals surface area (Å²) in [5.41, 5.74) is 1.42. The lowest BCUT2D eigenvalue weighted by Crippen LogP contribution is -2.29. The molecule has 0 unspecified atom stereocenters. The van der Waals surface area contributed by atoms with Gasteiger partial charge in [0.05, 0.1) is 0 Å². The summed E-state index contributed by atoms with van der Waals surface area (Å²) in [7, 11) is 0. The van der Waals surface area contributed by atoms with Gasteiger partial charge in [0.25, 0.3) is 0 Å². The molecule has 5 aromatic rings. The van der Waals surface area contributed by atoms with Crippen molar-refractivity contribution in [2.75, 3.05) is 18.0 Å². The highest BCUT2D eigenvalue weighted by molar-refractivity contribution is 6.35. The third kappa shape index (κ3) is 1.86. The summed E-state index contributed by atoms with van der Waals surface area (Å²) in [4.78, 5) is 2.61. The number of rotatable bonds is 1. The molecule has 0 saturated carbocycles. The molecule has 0 bridgehead atoms. The van der Waals surface area contributed by atoms with Crippen LogP contribution in [0.2, 0.25) is 0 Å². The van der Waals surface area contributed by atoms with Gasteiger partial charge in [0, 0.05) is 24.2 Å². The van der Waals surface area contributed by atoms with Crippen molar-refractivity contribution in [3.05, 3.63) is 66.7 Å². The summed E-state index contributed by atoms with van der Waals surface area (Å²) in [5, 5.41) is 11.2. The van der Waals surface area contributed by atoms with E-state index >= 15 is 0 Å². The Morgan fingerprint density at radius 1 is 0.500 bits per heavy atom. The number of fused-ring (bicyclic) bond motifs is 2. The second-order valence-electron chi connectivity index (χ2n) is 7.62. The van der Waals surface area contributed by atoms with Gasteiger partial charge in [-0.3, -0.25) is 0 Å². The van der Waals surface area contributed by atoms with E-state index in [1.807, 2.05) is 0 Å². The van der Waals surface area contributed by atoms with E-state index in [4.69, 9.17) is 0 Å². The van der Waals surface area contributed by atoms with Crippen molar-refractivity contribution < 1.29 is 0 Å². The van der Waals surface area contributed by atoms with Crippen LogP contribution in [-0.4, -0.2) is 13.1 Å². The quantitative estimate of drug-likeness (QED) is 0.242. The monoisotopic (exact) mass is 335 g/mol. The van der Waals surface area contributed by atoms with E-state index in [1.54, 1.807) is 0 Å². The van der Waals surface area contributed by atoms with Crippen molar-refractivity contribution in [1.82, 2.24) is 0 Å². The van der Waals surface area contributed by atoms with Crippen LogP contribution in [-0.2, 0) is 0 Å². The van der Waals surface area contributed by atoms with Gasteiger partial charge in [-0.15, -0.1) is 0 Å². The molecule has 0 radical (unpaired) electrons. The van der Waals surface area contributed by atoms with Crippen molar-refractivity contribution in [3.63, 3.8) is 0 Å². The molecular formula is C25H21N. The predicted octanol–water partition coefficient (Wildman–Crippen LogP) is 6.73. The summed E-state index contributed by atoms with van der Waals surface area (Å²) in [6, 6.07) is 25.0. The molecule has 1 nitrogen and oxygen atoms in total. The largest absolute Gasteiger partial charge is 0.371 e. The Morgan fingerprint density at radius 3 is 1.85 bits per heavy atom. The van der Waals surface area contributed by atoms with E-state index in [2.05, 4.69) is 71.6 Å². The maximum atomic E-state index is 2.61. The first kappa shape index (κ1) is 14.4. The van der Waals surface area contributed by atoms with E-state index in [9.17, 15) is 0 Å². The van der Waals surface area contributed by atoms with Gasteiger partial charge in [-0.2, -0.15) is 0 Å². The molecule has 0 spiro atoms. The number of hydrogen-bond donors (Lipinski definition) is 0. The maximum absolute atomic E-state index is 2.61. The second kappa shape index (κ2) is 5.35. The van der Waals surface area contributed by atoms with Crippen LogP contribution in [0.5, 0.6) is 0 Å². The molecule has 1 heterocycles. The minimum atomic E-state index is 1.18. The lowest BCUT2D eigenvalue weighted by Gasteiger charge is -2.31. The normalized spacial score (nSPS) is 15.6. The molecule has 0 amide bonds. The fourth-order valence-corrected chi connectivity index (χ4v) is 5.04. The minimum Gasteiger partial charge on any atom is -0.371 e. The van der Waals surface area contributed by atoms with E-state index in [0.717, 1.165) is 0 Å². The Kier molecular flexibility index (Phi) is 2.96. The molecule has 0 aliphatic carbocycles. The molecule has 1 heteroatoms. The van der Waals surface area contributed by atoms with Crippen molar-refractivity contribution >= 4 is 48.8 Å². The number of nitrogens with zero attached hydrogens (tertiary/aromatic N) is 1. The summed E-state index contributed by atoms with van der Waals surface area (Å²) in [5.74, 6) is 0. The minimum absolute atomic E-state index is 1.18. The molecule has 1 aliphatic rings. The Labute approximate surface area is 153 Å². The van der Waals surface area contributed by atoms with Crippen LogP contribution >= 0.6 is 0 Å². The smallest absolute Gasteiger partial charge is 0.0452 e. The first-order valence-electron chi connectivity index (χ1n) is 9.75. The van der Waals surface area contributed by atoms with Crippen LogP contribution in [0.15, 0.2) is 66.7 Å². The Bertz CT molecular complexity index is 1260. The van der Waals surface area contributed by atoms with Gasteiger partial charge < -0.3 is 4.90 Å². The molecule has 6 rings (SSSR count). The first-order valence-corrected chi connectivity index (χ1v) is 9.75. The van der Waals surface area contributed by atoms with Crippen LogP contribution < -0.4 is 4.90 Å². The van der Waals surface area contributed by atoms with Gasteiger partial charge in [-0.05, 0) is 63.0 Å². The number of anilines is 1. The van der Waals surface area contributed by atoms with E-state index in [-0.39, 0.29) is 0 Å². The Morgan fingerprint density at radius 2 is 1.12 bits per heavy atom. The van der Waals surface area contributed by atoms with Crippen LogP contribution in [0, 0.1) is 0 Å². The van der Waals surface area contributed by atoms with Crippen LogP contribution in [0.4, 0.5) is 5.69 Å². The highest BCUT2D eigenvalue weighted by Gasteiger charge is 2.19.